The van der Waals surface area contributed by atoms with Crippen molar-refractivity contribution < 1.29 is 48.2 Å². The minimum Gasteiger partial charge on any atom is -0.508 e. The Bertz CT molecular complexity index is 549. The number of phenolic OH excluding ortho intramolecular Hbond substituents is 1. The molecule has 2 rings (SSSR count). The fraction of sp³-hybridized carbons (Fsp3) is 0.538. The topological polar surface area (TPSA) is 120 Å². The van der Waals surface area contributed by atoms with Crippen LogP contribution in [0.3, 0.4) is 0 Å². The number of aliphatic hydroxyl groups excluding tert-OH is 4. The van der Waals surface area contributed by atoms with Crippen LogP contribution in [0.2, 0.25) is 0 Å². The molecule has 1 aliphatic rings. The highest BCUT2D eigenvalue weighted by molar-refractivity contribution is 5.42. The first-order valence-electron chi connectivity index (χ1n) is 6.53. The molecular weight excluding hydrogens is 325 g/mol. The maximum absolute atomic E-state index is 12.5. The second-order valence-corrected chi connectivity index (χ2v) is 5.02. The van der Waals surface area contributed by atoms with E-state index in [1.165, 1.54) is 0 Å². The van der Waals surface area contributed by atoms with Crippen LogP contribution in [-0.2, 0) is 4.74 Å². The van der Waals surface area contributed by atoms with Gasteiger partial charge < -0.3 is 35.0 Å². The summed E-state index contributed by atoms with van der Waals surface area (Å²) in [7, 11) is 0. The number of alkyl halides is 3. The molecule has 1 aromatic rings. The maximum atomic E-state index is 12.5. The second kappa shape index (κ2) is 6.49. The molecule has 5 atom stereocenters. The zero-order valence-electron chi connectivity index (χ0n) is 11.5. The molecule has 0 unspecified atom stereocenters. The summed E-state index contributed by atoms with van der Waals surface area (Å²) in [6.07, 6.45) is -13.1. The van der Waals surface area contributed by atoms with Gasteiger partial charge in [0, 0.05) is 5.56 Å². The van der Waals surface area contributed by atoms with E-state index in [0.29, 0.717) is 0 Å². The number of rotatable bonds is 3. The van der Waals surface area contributed by atoms with E-state index in [1.807, 2.05) is 0 Å². The third-order valence-corrected chi connectivity index (χ3v) is 3.42. The van der Waals surface area contributed by atoms with Crippen molar-refractivity contribution >= 4 is 0 Å². The molecule has 1 heterocycles. The van der Waals surface area contributed by atoms with Gasteiger partial charge in [0.1, 0.15) is 42.0 Å². The van der Waals surface area contributed by atoms with Crippen LogP contribution >= 0.6 is 0 Å². The predicted octanol–water partition coefficient (Wildman–Crippen LogP) is -0.194. The minimum atomic E-state index is -5.03. The number of ether oxygens (including phenoxy) is 2. The molecule has 0 aromatic heterocycles. The number of halogens is 3. The first kappa shape index (κ1) is 17.8. The average molecular weight is 340 g/mol. The molecule has 0 aliphatic carbocycles. The predicted molar refractivity (Wildman–Crippen MR) is 67.5 cm³/mol. The number of hydrogen-bond acceptors (Lipinski definition) is 7. The molecule has 7 nitrogen and oxygen atoms in total. The quantitative estimate of drug-likeness (QED) is 0.517. The number of hydrogen-bond donors (Lipinski definition) is 5. The van der Waals surface area contributed by atoms with Crippen molar-refractivity contribution in [1.29, 1.82) is 0 Å². The lowest BCUT2D eigenvalue weighted by Crippen LogP contribution is -2.55. The molecule has 10 heteroatoms. The summed E-state index contributed by atoms with van der Waals surface area (Å²) in [5, 5.41) is 47.9. The van der Waals surface area contributed by atoms with Crippen molar-refractivity contribution in [1.82, 2.24) is 0 Å². The summed E-state index contributed by atoms with van der Waals surface area (Å²) in [5.74, 6) is -1.17. The first-order chi connectivity index (χ1) is 10.6. The number of aromatic hydroxyl groups is 1. The van der Waals surface area contributed by atoms with Crippen LogP contribution < -0.4 is 4.74 Å². The standard InChI is InChI=1S/C13H15F3O7/c14-13(15,16)23-7-2-1-5(18)3-6(7)12-11(21)10(20)9(19)8(4-17)22-12/h1-3,8-12,17-21H,4H2/t8-,9-,10+,11+,12-/m1/s1. The highest BCUT2D eigenvalue weighted by Gasteiger charge is 2.45. The fourth-order valence-corrected chi connectivity index (χ4v) is 2.33. The van der Waals surface area contributed by atoms with Crippen molar-refractivity contribution in [2.45, 2.75) is 36.9 Å². The van der Waals surface area contributed by atoms with E-state index in [1.54, 1.807) is 0 Å². The third kappa shape index (κ3) is 3.85. The van der Waals surface area contributed by atoms with Crippen LogP contribution in [0.15, 0.2) is 18.2 Å². The van der Waals surface area contributed by atoms with Crippen molar-refractivity contribution in [3.63, 3.8) is 0 Å². The molecule has 0 saturated carbocycles. The molecule has 0 amide bonds. The van der Waals surface area contributed by atoms with Crippen molar-refractivity contribution in [3.05, 3.63) is 23.8 Å². The molecule has 1 fully saturated rings. The highest BCUT2D eigenvalue weighted by atomic mass is 19.4. The van der Waals surface area contributed by atoms with Crippen LogP contribution in [-0.4, -0.2) is 62.9 Å². The van der Waals surface area contributed by atoms with Gasteiger partial charge >= 0.3 is 6.36 Å². The molecule has 130 valence electrons. The summed E-state index contributed by atoms with van der Waals surface area (Å²) in [4.78, 5) is 0. The van der Waals surface area contributed by atoms with Crippen molar-refractivity contribution in [3.8, 4) is 11.5 Å². The van der Waals surface area contributed by atoms with E-state index in [0.717, 1.165) is 18.2 Å². The molecule has 1 aliphatic heterocycles. The third-order valence-electron chi connectivity index (χ3n) is 3.42. The van der Waals surface area contributed by atoms with Gasteiger partial charge in [0.2, 0.25) is 0 Å². The molecule has 0 radical (unpaired) electrons. The van der Waals surface area contributed by atoms with Crippen LogP contribution in [0.1, 0.15) is 11.7 Å². The Hall–Kier alpha value is -1.59. The molecule has 1 aromatic carbocycles. The fourth-order valence-electron chi connectivity index (χ4n) is 2.33. The van der Waals surface area contributed by atoms with Gasteiger partial charge in [-0.2, -0.15) is 0 Å². The van der Waals surface area contributed by atoms with Gasteiger partial charge in [-0.25, -0.2) is 0 Å². The molecule has 0 bridgehead atoms. The number of benzene rings is 1. The highest BCUT2D eigenvalue weighted by Crippen LogP contribution is 2.40. The number of aliphatic hydroxyl groups is 4. The molecule has 1 saturated heterocycles. The largest absolute Gasteiger partial charge is 0.573 e. The van der Waals surface area contributed by atoms with Gasteiger partial charge in [-0.3, -0.25) is 0 Å². The molecule has 23 heavy (non-hydrogen) atoms. The monoisotopic (exact) mass is 340 g/mol. The Morgan fingerprint density at radius 1 is 1.09 bits per heavy atom. The summed E-state index contributed by atoms with van der Waals surface area (Å²) < 4.78 is 46.3. The molecule has 5 N–H and O–H groups in total. The lowest BCUT2D eigenvalue weighted by Gasteiger charge is -2.40. The lowest BCUT2D eigenvalue weighted by molar-refractivity contribution is -0.276. The lowest BCUT2D eigenvalue weighted by atomic mass is 9.91. The Balaban J connectivity index is 2.41. The second-order valence-electron chi connectivity index (χ2n) is 5.02. The van der Waals surface area contributed by atoms with Gasteiger partial charge in [0.05, 0.1) is 6.61 Å². The Labute approximate surface area is 128 Å². The van der Waals surface area contributed by atoms with Crippen LogP contribution in [0.5, 0.6) is 11.5 Å². The Morgan fingerprint density at radius 3 is 2.30 bits per heavy atom. The smallest absolute Gasteiger partial charge is 0.508 e. The Kier molecular flexibility index (Phi) is 5.01. The maximum Gasteiger partial charge on any atom is 0.573 e. The van der Waals surface area contributed by atoms with Crippen molar-refractivity contribution in [2.75, 3.05) is 6.61 Å². The van der Waals surface area contributed by atoms with Gasteiger partial charge in [-0.15, -0.1) is 13.2 Å². The van der Waals surface area contributed by atoms with Gasteiger partial charge in [-0.05, 0) is 18.2 Å². The minimum absolute atomic E-state index is 0.390. The zero-order valence-corrected chi connectivity index (χ0v) is 11.5. The summed E-state index contributed by atoms with van der Waals surface area (Å²) in [6, 6.07) is 2.63. The van der Waals surface area contributed by atoms with E-state index in [9.17, 15) is 33.6 Å². The van der Waals surface area contributed by atoms with Crippen molar-refractivity contribution in [2.24, 2.45) is 0 Å². The first-order valence-corrected chi connectivity index (χ1v) is 6.53. The van der Waals surface area contributed by atoms with Crippen LogP contribution in [0.4, 0.5) is 13.2 Å². The number of phenols is 1. The van der Waals surface area contributed by atoms with E-state index < -0.39 is 55.0 Å². The Morgan fingerprint density at radius 2 is 1.74 bits per heavy atom. The van der Waals surface area contributed by atoms with E-state index in [4.69, 9.17) is 9.84 Å². The van der Waals surface area contributed by atoms with Crippen LogP contribution in [0.25, 0.3) is 0 Å². The zero-order chi connectivity index (χ0) is 17.4. The van der Waals surface area contributed by atoms with Gasteiger partial charge in [0.15, 0.2) is 0 Å². The summed E-state index contributed by atoms with van der Waals surface area (Å²) in [5.41, 5.74) is -0.390. The van der Waals surface area contributed by atoms with E-state index in [-0.39, 0.29) is 5.56 Å². The summed E-state index contributed by atoms with van der Waals surface area (Å²) >= 11 is 0. The molecule has 0 spiro atoms. The van der Waals surface area contributed by atoms with Gasteiger partial charge in [-0.1, -0.05) is 0 Å². The van der Waals surface area contributed by atoms with E-state index >= 15 is 0 Å². The van der Waals surface area contributed by atoms with Crippen LogP contribution in [0, 0.1) is 0 Å². The van der Waals surface area contributed by atoms with Gasteiger partial charge in [0.25, 0.3) is 0 Å². The van der Waals surface area contributed by atoms with E-state index in [2.05, 4.69) is 4.74 Å². The summed E-state index contributed by atoms with van der Waals surface area (Å²) in [6.45, 7) is -0.740. The average Bonchev–Trinajstić information content (AvgIpc) is 2.46. The normalized spacial score (nSPS) is 31.9. The molecular formula is C13H15F3O7. The SMILES string of the molecule is OC[C@H]1O[C@H](c2cc(O)ccc2OC(F)(F)F)[C@@H](O)[C@@H](O)[C@@H]1O.